The Kier molecular flexibility index (Phi) is 2.49. The molecule has 18 heavy (non-hydrogen) atoms. The molecule has 88 valence electrons. The number of rotatable bonds is 2. The van der Waals surface area contributed by atoms with Crippen LogP contribution in [-0.2, 0) is 0 Å². The van der Waals surface area contributed by atoms with Crippen LogP contribution >= 0.6 is 0 Å². The van der Waals surface area contributed by atoms with Gasteiger partial charge in [-0.3, -0.25) is 4.98 Å². The Hall–Kier alpha value is -2.69. The Bertz CT molecular complexity index is 646. The van der Waals surface area contributed by atoms with Crippen molar-refractivity contribution < 1.29 is 0 Å². The monoisotopic (exact) mass is 237 g/mol. The van der Waals surface area contributed by atoms with Crippen molar-refractivity contribution in [1.29, 1.82) is 0 Å². The van der Waals surface area contributed by atoms with E-state index in [-0.39, 0.29) is 0 Å². The van der Waals surface area contributed by atoms with E-state index in [2.05, 4.69) is 15.1 Å². The van der Waals surface area contributed by atoms with E-state index < -0.39 is 0 Å². The van der Waals surface area contributed by atoms with Gasteiger partial charge in [0.15, 0.2) is 5.82 Å². The lowest BCUT2D eigenvalue weighted by Gasteiger charge is -2.01. The quantitative estimate of drug-likeness (QED) is 0.739. The number of nitrogen functional groups attached to an aromatic ring is 1. The van der Waals surface area contributed by atoms with E-state index in [0.717, 1.165) is 11.3 Å². The van der Waals surface area contributed by atoms with Crippen LogP contribution in [0.2, 0.25) is 0 Å². The summed E-state index contributed by atoms with van der Waals surface area (Å²) in [6.45, 7) is 0. The Morgan fingerprint density at radius 1 is 1.06 bits per heavy atom. The Morgan fingerprint density at radius 2 is 2.00 bits per heavy atom. The summed E-state index contributed by atoms with van der Waals surface area (Å²) in [6, 6.07) is 11.2. The summed E-state index contributed by atoms with van der Waals surface area (Å²) in [5.41, 5.74) is 7.66. The second-order valence-corrected chi connectivity index (χ2v) is 3.80. The Morgan fingerprint density at radius 3 is 2.72 bits per heavy atom. The normalized spacial score (nSPS) is 10.4. The van der Waals surface area contributed by atoms with Crippen molar-refractivity contribution in [1.82, 2.24) is 19.7 Å². The molecule has 0 atom stereocenters. The lowest BCUT2D eigenvalue weighted by molar-refractivity contribution is 0.860. The number of hydrogen-bond acceptors (Lipinski definition) is 4. The molecule has 0 fully saturated rings. The largest absolute Gasteiger partial charge is 0.384 e. The highest BCUT2D eigenvalue weighted by molar-refractivity contribution is 5.62. The van der Waals surface area contributed by atoms with Gasteiger partial charge in [0.05, 0.1) is 5.69 Å². The minimum absolute atomic E-state index is 0.549. The highest BCUT2D eigenvalue weighted by atomic mass is 15.3. The van der Waals surface area contributed by atoms with E-state index in [1.54, 1.807) is 23.3 Å². The van der Waals surface area contributed by atoms with Crippen molar-refractivity contribution in [3.63, 3.8) is 0 Å². The number of nitrogens with two attached hydrogens (primary N) is 1. The molecular formula is C13H11N5. The smallest absolute Gasteiger partial charge is 0.155 e. The molecule has 0 unspecified atom stereocenters. The van der Waals surface area contributed by atoms with Crippen LogP contribution in [0.5, 0.6) is 0 Å². The maximum atomic E-state index is 5.95. The first-order chi connectivity index (χ1) is 8.84. The molecule has 0 aliphatic rings. The summed E-state index contributed by atoms with van der Waals surface area (Å²) in [4.78, 5) is 8.29. The molecule has 0 aliphatic carbocycles. The molecule has 0 saturated heterocycles. The van der Waals surface area contributed by atoms with Crippen LogP contribution in [0, 0.1) is 0 Å². The van der Waals surface area contributed by atoms with E-state index in [4.69, 9.17) is 5.73 Å². The summed E-state index contributed by atoms with van der Waals surface area (Å²) < 4.78 is 1.61. The fraction of sp³-hybridized carbons (Fsp3) is 0. The number of aromatic nitrogens is 4. The summed E-state index contributed by atoms with van der Waals surface area (Å²) >= 11 is 0. The summed E-state index contributed by atoms with van der Waals surface area (Å²) in [5.74, 6) is 1.25. The third-order valence-electron chi connectivity index (χ3n) is 2.56. The average molecular weight is 237 g/mol. The van der Waals surface area contributed by atoms with Gasteiger partial charge in [-0.25, -0.2) is 4.98 Å². The van der Waals surface area contributed by atoms with E-state index in [9.17, 15) is 0 Å². The fourth-order valence-electron chi connectivity index (χ4n) is 1.71. The van der Waals surface area contributed by atoms with Crippen molar-refractivity contribution in [3.8, 4) is 17.1 Å². The lowest BCUT2D eigenvalue weighted by Crippen LogP contribution is -2.03. The summed E-state index contributed by atoms with van der Waals surface area (Å²) in [5, 5.41) is 4.44. The van der Waals surface area contributed by atoms with Crippen LogP contribution in [0.15, 0.2) is 55.0 Å². The van der Waals surface area contributed by atoms with Gasteiger partial charge in [-0.2, -0.15) is 9.78 Å². The molecule has 0 radical (unpaired) electrons. The molecule has 0 bridgehead atoms. The van der Waals surface area contributed by atoms with Crippen molar-refractivity contribution in [2.24, 2.45) is 0 Å². The van der Waals surface area contributed by atoms with Crippen LogP contribution in [0.25, 0.3) is 17.1 Å². The SMILES string of the molecule is Nc1cc(-c2cccnc2)nn1-c1ccccn1. The third kappa shape index (κ3) is 1.82. The Balaban J connectivity index is 2.07. The van der Waals surface area contributed by atoms with Crippen molar-refractivity contribution in [3.05, 3.63) is 55.0 Å². The molecule has 5 heteroatoms. The minimum Gasteiger partial charge on any atom is -0.384 e. The van der Waals surface area contributed by atoms with Crippen molar-refractivity contribution >= 4 is 5.82 Å². The first-order valence-electron chi connectivity index (χ1n) is 5.52. The molecular weight excluding hydrogens is 226 g/mol. The van der Waals surface area contributed by atoms with E-state index >= 15 is 0 Å². The van der Waals surface area contributed by atoms with Gasteiger partial charge in [0.25, 0.3) is 0 Å². The highest BCUT2D eigenvalue weighted by Gasteiger charge is 2.08. The molecule has 0 aliphatic heterocycles. The van der Waals surface area contributed by atoms with Gasteiger partial charge in [0.2, 0.25) is 0 Å². The van der Waals surface area contributed by atoms with E-state index in [1.165, 1.54) is 0 Å². The first kappa shape index (κ1) is 10.5. The molecule has 2 N–H and O–H groups in total. The predicted molar refractivity (Wildman–Crippen MR) is 69.0 cm³/mol. The van der Waals surface area contributed by atoms with E-state index in [0.29, 0.717) is 11.6 Å². The molecule has 3 aromatic rings. The number of anilines is 1. The van der Waals surface area contributed by atoms with Gasteiger partial charge in [-0.15, -0.1) is 0 Å². The summed E-state index contributed by atoms with van der Waals surface area (Å²) in [7, 11) is 0. The molecule has 0 saturated carbocycles. The lowest BCUT2D eigenvalue weighted by atomic mass is 10.2. The van der Waals surface area contributed by atoms with Gasteiger partial charge in [-0.05, 0) is 24.3 Å². The zero-order chi connectivity index (χ0) is 12.4. The van der Waals surface area contributed by atoms with Crippen LogP contribution in [0.3, 0.4) is 0 Å². The second-order valence-electron chi connectivity index (χ2n) is 3.80. The minimum atomic E-state index is 0.549. The van der Waals surface area contributed by atoms with Crippen LogP contribution in [-0.4, -0.2) is 19.7 Å². The van der Waals surface area contributed by atoms with Gasteiger partial charge < -0.3 is 5.73 Å². The van der Waals surface area contributed by atoms with Crippen LogP contribution in [0.4, 0.5) is 5.82 Å². The molecule has 0 aromatic carbocycles. The molecule has 3 rings (SSSR count). The zero-order valence-electron chi connectivity index (χ0n) is 9.56. The zero-order valence-corrected chi connectivity index (χ0v) is 9.56. The van der Waals surface area contributed by atoms with Gasteiger partial charge in [0.1, 0.15) is 5.82 Å². The number of pyridine rings is 2. The van der Waals surface area contributed by atoms with Crippen LogP contribution < -0.4 is 5.73 Å². The maximum absolute atomic E-state index is 5.95. The highest BCUT2D eigenvalue weighted by Crippen LogP contribution is 2.21. The maximum Gasteiger partial charge on any atom is 0.155 e. The van der Waals surface area contributed by atoms with Gasteiger partial charge in [0, 0.05) is 30.2 Å². The molecule has 3 heterocycles. The topological polar surface area (TPSA) is 69.6 Å². The van der Waals surface area contributed by atoms with Crippen LogP contribution in [0.1, 0.15) is 0 Å². The predicted octanol–water partition coefficient (Wildman–Crippen LogP) is 1.91. The molecule has 5 nitrogen and oxygen atoms in total. The summed E-state index contributed by atoms with van der Waals surface area (Å²) in [6.07, 6.45) is 5.19. The first-order valence-corrected chi connectivity index (χ1v) is 5.52. The van der Waals surface area contributed by atoms with Gasteiger partial charge >= 0.3 is 0 Å². The van der Waals surface area contributed by atoms with E-state index in [1.807, 2.05) is 36.4 Å². The standard InChI is InChI=1S/C13H11N5/c14-12-8-11(10-4-3-6-15-9-10)17-18(12)13-5-1-2-7-16-13/h1-9H,14H2. The van der Waals surface area contributed by atoms with Gasteiger partial charge in [-0.1, -0.05) is 6.07 Å². The molecule has 0 amide bonds. The third-order valence-corrected chi connectivity index (χ3v) is 2.56. The van der Waals surface area contributed by atoms with Crippen molar-refractivity contribution in [2.45, 2.75) is 0 Å². The average Bonchev–Trinajstić information content (AvgIpc) is 2.83. The fourth-order valence-corrected chi connectivity index (χ4v) is 1.71. The van der Waals surface area contributed by atoms with Crippen molar-refractivity contribution in [2.75, 3.05) is 5.73 Å². The number of nitrogens with zero attached hydrogens (tertiary/aromatic N) is 4. The molecule has 3 aromatic heterocycles. The Labute approximate surface area is 104 Å². The number of hydrogen-bond donors (Lipinski definition) is 1. The molecule has 0 spiro atoms. The second kappa shape index (κ2) is 4.29.